The average Bonchev–Trinajstić information content (AvgIpc) is 2.56. The fourth-order valence-electron chi connectivity index (χ4n) is 1.61. The van der Waals surface area contributed by atoms with Gasteiger partial charge in [0.05, 0.1) is 13.0 Å². The lowest BCUT2D eigenvalue weighted by Crippen LogP contribution is -2.58. The van der Waals surface area contributed by atoms with E-state index < -0.39 is 66.8 Å². The van der Waals surface area contributed by atoms with Crippen LogP contribution in [0.3, 0.4) is 0 Å². The van der Waals surface area contributed by atoms with E-state index in [0.29, 0.717) is 0 Å². The fourth-order valence-corrected chi connectivity index (χ4v) is 1.87. The number of carbonyl (C=O) groups excluding carboxylic acids is 4. The monoisotopic (exact) mass is 393 g/mol. The van der Waals surface area contributed by atoms with E-state index in [-0.39, 0.29) is 5.75 Å². The van der Waals surface area contributed by atoms with E-state index >= 15 is 0 Å². The Kier molecular flexibility index (Phi) is 10.2. The molecule has 4 amide bonds. The van der Waals surface area contributed by atoms with Crippen molar-refractivity contribution < 1.29 is 34.2 Å². The van der Waals surface area contributed by atoms with Crippen molar-refractivity contribution in [3.8, 4) is 0 Å². The maximum absolute atomic E-state index is 12.2. The summed E-state index contributed by atoms with van der Waals surface area (Å²) in [7, 11) is 0. The van der Waals surface area contributed by atoms with Gasteiger partial charge in [-0.25, -0.2) is 0 Å². The molecule has 0 aliphatic rings. The molecule has 9 N–H and O–H groups in total. The van der Waals surface area contributed by atoms with Crippen molar-refractivity contribution in [3.05, 3.63) is 0 Å². The van der Waals surface area contributed by atoms with Crippen molar-refractivity contribution in [3.63, 3.8) is 0 Å². The van der Waals surface area contributed by atoms with Gasteiger partial charge >= 0.3 is 5.97 Å². The molecule has 0 heterocycles. The van der Waals surface area contributed by atoms with Crippen LogP contribution in [0.25, 0.3) is 0 Å². The Morgan fingerprint density at radius 2 is 1.50 bits per heavy atom. The van der Waals surface area contributed by atoms with Gasteiger partial charge in [-0.15, -0.1) is 0 Å². The SMILES string of the molecule is CC(NC(=O)C(CC(N)=O)NC(=O)C(CS)NC(=O)C(N)CO)C(=O)O. The molecule has 26 heavy (non-hydrogen) atoms. The Labute approximate surface area is 154 Å². The van der Waals surface area contributed by atoms with Crippen LogP contribution in [0.15, 0.2) is 0 Å². The van der Waals surface area contributed by atoms with Crippen molar-refractivity contribution in [1.82, 2.24) is 16.0 Å². The number of thiol groups is 1. The lowest BCUT2D eigenvalue weighted by Gasteiger charge is -2.23. The number of carboxylic acid groups (broad SMARTS) is 1. The topological polar surface area (TPSA) is 214 Å². The van der Waals surface area contributed by atoms with Gasteiger partial charge < -0.3 is 37.6 Å². The minimum absolute atomic E-state index is 0.174. The van der Waals surface area contributed by atoms with E-state index in [4.69, 9.17) is 21.7 Å². The summed E-state index contributed by atoms with van der Waals surface area (Å²) < 4.78 is 0. The predicted octanol–water partition coefficient (Wildman–Crippen LogP) is -4.33. The number of rotatable bonds is 11. The van der Waals surface area contributed by atoms with Crippen molar-refractivity contribution in [2.24, 2.45) is 11.5 Å². The lowest BCUT2D eigenvalue weighted by atomic mass is 10.1. The van der Waals surface area contributed by atoms with Crippen LogP contribution in [0.2, 0.25) is 0 Å². The highest BCUT2D eigenvalue weighted by molar-refractivity contribution is 7.80. The van der Waals surface area contributed by atoms with Crippen LogP contribution in [0.1, 0.15) is 13.3 Å². The zero-order chi connectivity index (χ0) is 20.4. The zero-order valence-electron chi connectivity index (χ0n) is 14.0. The molecule has 148 valence electrons. The van der Waals surface area contributed by atoms with Crippen molar-refractivity contribution >= 4 is 42.2 Å². The molecule has 0 spiro atoms. The van der Waals surface area contributed by atoms with E-state index in [1.54, 1.807) is 0 Å². The molecule has 0 aliphatic heterocycles. The summed E-state index contributed by atoms with van der Waals surface area (Å²) in [5, 5.41) is 24.1. The highest BCUT2D eigenvalue weighted by Gasteiger charge is 2.29. The molecule has 0 aromatic rings. The molecule has 0 aromatic carbocycles. The number of hydrogen-bond donors (Lipinski definition) is 8. The van der Waals surface area contributed by atoms with Crippen molar-refractivity contribution in [1.29, 1.82) is 0 Å². The standard InChI is InChI=1S/C13H23N5O7S/c1-5(13(24)25)16-11(22)7(2-9(15)20)17-12(23)8(4-26)18-10(21)6(14)3-19/h5-8,19,26H,2-4,14H2,1H3,(H2,15,20)(H,16,22)(H,17,23)(H,18,21)(H,24,25). The maximum atomic E-state index is 12.2. The highest BCUT2D eigenvalue weighted by Crippen LogP contribution is 1.98. The number of primary amides is 1. The fraction of sp³-hybridized carbons (Fsp3) is 0.615. The largest absolute Gasteiger partial charge is 0.480 e. The third-order valence-electron chi connectivity index (χ3n) is 3.12. The van der Waals surface area contributed by atoms with Crippen molar-refractivity contribution in [2.75, 3.05) is 12.4 Å². The van der Waals surface area contributed by atoms with Crippen LogP contribution in [-0.2, 0) is 24.0 Å². The van der Waals surface area contributed by atoms with Gasteiger partial charge in [0.25, 0.3) is 0 Å². The number of nitrogens with one attached hydrogen (secondary N) is 3. The van der Waals surface area contributed by atoms with Gasteiger partial charge in [-0.2, -0.15) is 12.6 Å². The number of amides is 4. The molecule has 0 fully saturated rings. The van der Waals surface area contributed by atoms with Crippen LogP contribution in [-0.4, -0.2) is 76.3 Å². The smallest absolute Gasteiger partial charge is 0.325 e. The van der Waals surface area contributed by atoms with Gasteiger partial charge in [-0.3, -0.25) is 24.0 Å². The van der Waals surface area contributed by atoms with E-state index in [2.05, 4.69) is 28.6 Å². The predicted molar refractivity (Wildman–Crippen MR) is 91.8 cm³/mol. The number of hydrogen-bond acceptors (Lipinski definition) is 8. The Bertz CT molecular complexity index is 559. The molecular formula is C13H23N5O7S. The van der Waals surface area contributed by atoms with Crippen molar-refractivity contribution in [2.45, 2.75) is 37.5 Å². The summed E-state index contributed by atoms with van der Waals surface area (Å²) in [5.41, 5.74) is 10.3. The summed E-state index contributed by atoms with van der Waals surface area (Å²) in [4.78, 5) is 57.8. The first-order valence-electron chi connectivity index (χ1n) is 7.43. The second-order valence-corrected chi connectivity index (χ2v) is 5.70. The number of aliphatic hydroxyl groups excluding tert-OH is 1. The molecular weight excluding hydrogens is 370 g/mol. The zero-order valence-corrected chi connectivity index (χ0v) is 14.9. The molecule has 0 bridgehead atoms. The van der Waals surface area contributed by atoms with Crippen LogP contribution in [0.4, 0.5) is 0 Å². The summed E-state index contributed by atoms with van der Waals surface area (Å²) in [6, 6.07) is -5.19. The number of aliphatic carboxylic acids is 1. The molecule has 13 heteroatoms. The van der Waals surface area contributed by atoms with Gasteiger partial charge in [-0.05, 0) is 6.92 Å². The Hall–Kier alpha value is -2.38. The second kappa shape index (κ2) is 11.3. The van der Waals surface area contributed by atoms with Gasteiger partial charge in [-0.1, -0.05) is 0 Å². The summed E-state index contributed by atoms with van der Waals surface area (Å²) >= 11 is 3.91. The molecule has 0 rings (SSSR count). The van der Waals surface area contributed by atoms with Crippen LogP contribution in [0, 0.1) is 0 Å². The van der Waals surface area contributed by atoms with Crippen LogP contribution >= 0.6 is 12.6 Å². The number of aliphatic hydroxyl groups is 1. The third-order valence-corrected chi connectivity index (χ3v) is 3.48. The summed E-state index contributed by atoms with van der Waals surface area (Å²) in [6.45, 7) is 0.545. The molecule has 12 nitrogen and oxygen atoms in total. The third kappa shape index (κ3) is 8.13. The van der Waals surface area contributed by atoms with E-state index in [1.807, 2.05) is 0 Å². The normalized spacial score (nSPS) is 15.1. The summed E-state index contributed by atoms with van der Waals surface area (Å²) in [6.07, 6.45) is -0.590. The molecule has 4 unspecified atom stereocenters. The van der Waals surface area contributed by atoms with Gasteiger partial charge in [0.2, 0.25) is 23.6 Å². The molecule has 0 radical (unpaired) electrons. The number of carbonyl (C=O) groups is 5. The first-order chi connectivity index (χ1) is 12.0. The highest BCUT2D eigenvalue weighted by atomic mass is 32.1. The van der Waals surface area contributed by atoms with Gasteiger partial charge in [0.15, 0.2) is 0 Å². The minimum Gasteiger partial charge on any atom is -0.480 e. The Balaban J connectivity index is 5.08. The Morgan fingerprint density at radius 3 is 1.92 bits per heavy atom. The average molecular weight is 393 g/mol. The summed E-state index contributed by atoms with van der Waals surface area (Å²) in [5.74, 6) is -5.04. The van der Waals surface area contributed by atoms with Crippen LogP contribution in [0.5, 0.6) is 0 Å². The first-order valence-corrected chi connectivity index (χ1v) is 8.06. The molecule has 0 aromatic heterocycles. The maximum Gasteiger partial charge on any atom is 0.325 e. The van der Waals surface area contributed by atoms with Gasteiger partial charge in [0, 0.05) is 5.75 Å². The number of carboxylic acids is 1. The van der Waals surface area contributed by atoms with E-state index in [1.165, 1.54) is 6.92 Å². The molecule has 0 aliphatic carbocycles. The lowest BCUT2D eigenvalue weighted by molar-refractivity contribution is -0.142. The van der Waals surface area contributed by atoms with Gasteiger partial charge in [0.1, 0.15) is 24.2 Å². The first kappa shape index (κ1) is 23.6. The number of nitrogens with two attached hydrogens (primary N) is 2. The molecule has 0 saturated heterocycles. The van der Waals surface area contributed by atoms with E-state index in [0.717, 1.165) is 0 Å². The van der Waals surface area contributed by atoms with E-state index in [9.17, 15) is 24.0 Å². The second-order valence-electron chi connectivity index (χ2n) is 5.33. The molecule has 4 atom stereocenters. The molecule has 0 saturated carbocycles. The van der Waals surface area contributed by atoms with Crippen LogP contribution < -0.4 is 27.4 Å². The Morgan fingerprint density at radius 1 is 1.00 bits per heavy atom. The quantitative estimate of drug-likeness (QED) is 0.160. The minimum atomic E-state index is -1.45.